The number of carbonyl (C=O) groups is 1. The van der Waals surface area contributed by atoms with Crippen molar-refractivity contribution in [3.05, 3.63) is 0 Å². The molecule has 16 heavy (non-hydrogen) atoms. The zero-order chi connectivity index (χ0) is 12.0. The van der Waals surface area contributed by atoms with Crippen LogP contribution in [0.1, 0.15) is 32.6 Å². The van der Waals surface area contributed by atoms with Gasteiger partial charge in [0, 0.05) is 13.7 Å². The molecule has 1 saturated heterocycles. The van der Waals surface area contributed by atoms with Crippen LogP contribution in [0.4, 0.5) is 0 Å². The maximum absolute atomic E-state index is 11.0. The van der Waals surface area contributed by atoms with E-state index in [4.69, 9.17) is 9.84 Å². The topological polar surface area (TPSA) is 49.8 Å². The Kier molecular flexibility index (Phi) is 5.22. The van der Waals surface area contributed by atoms with E-state index >= 15 is 0 Å². The van der Waals surface area contributed by atoms with Crippen LogP contribution in [0.25, 0.3) is 0 Å². The van der Waals surface area contributed by atoms with Crippen LogP contribution in [-0.2, 0) is 9.53 Å². The fourth-order valence-corrected chi connectivity index (χ4v) is 2.07. The molecule has 0 radical (unpaired) electrons. The number of piperidine rings is 1. The van der Waals surface area contributed by atoms with Crippen LogP contribution in [0.3, 0.4) is 0 Å². The molecule has 1 rings (SSSR count). The standard InChI is InChI=1S/C12H23NO3/c1-12(11(14)15)5-8-13(9-6-12)7-3-4-10-16-2/h3-10H2,1-2H3,(H,14,15). The van der Waals surface area contributed by atoms with E-state index in [1.807, 2.05) is 6.92 Å². The fourth-order valence-electron chi connectivity index (χ4n) is 2.07. The number of rotatable bonds is 6. The molecule has 0 aromatic carbocycles. The van der Waals surface area contributed by atoms with Crippen LogP contribution in [0, 0.1) is 5.41 Å². The molecule has 1 fully saturated rings. The van der Waals surface area contributed by atoms with E-state index in [2.05, 4.69) is 4.90 Å². The van der Waals surface area contributed by atoms with E-state index in [0.717, 1.165) is 51.9 Å². The van der Waals surface area contributed by atoms with E-state index in [1.165, 1.54) is 0 Å². The second kappa shape index (κ2) is 6.21. The highest BCUT2D eigenvalue weighted by Crippen LogP contribution is 2.30. The number of hydrogen-bond acceptors (Lipinski definition) is 3. The van der Waals surface area contributed by atoms with Crippen molar-refractivity contribution in [2.24, 2.45) is 5.41 Å². The third kappa shape index (κ3) is 3.76. The minimum absolute atomic E-state index is 0.497. The van der Waals surface area contributed by atoms with E-state index in [-0.39, 0.29) is 0 Å². The van der Waals surface area contributed by atoms with Crippen LogP contribution in [0.15, 0.2) is 0 Å². The first kappa shape index (κ1) is 13.5. The first-order valence-corrected chi connectivity index (χ1v) is 6.03. The first-order valence-electron chi connectivity index (χ1n) is 6.03. The highest BCUT2D eigenvalue weighted by atomic mass is 16.5. The Morgan fingerprint density at radius 1 is 1.38 bits per heavy atom. The van der Waals surface area contributed by atoms with Gasteiger partial charge in [-0.15, -0.1) is 0 Å². The molecule has 0 bridgehead atoms. The Bertz CT molecular complexity index is 222. The number of aliphatic carboxylic acids is 1. The molecule has 0 spiro atoms. The molecule has 1 N–H and O–H groups in total. The Hall–Kier alpha value is -0.610. The predicted octanol–water partition coefficient (Wildman–Crippen LogP) is 1.60. The van der Waals surface area contributed by atoms with Crippen LogP contribution < -0.4 is 0 Å². The maximum Gasteiger partial charge on any atom is 0.309 e. The summed E-state index contributed by atoms with van der Waals surface area (Å²) in [6, 6.07) is 0. The number of hydrogen-bond donors (Lipinski definition) is 1. The van der Waals surface area contributed by atoms with Gasteiger partial charge in [-0.05, 0) is 52.2 Å². The molecule has 0 aromatic heterocycles. The van der Waals surface area contributed by atoms with Gasteiger partial charge in [0.05, 0.1) is 5.41 Å². The molecule has 94 valence electrons. The van der Waals surface area contributed by atoms with Gasteiger partial charge in [-0.3, -0.25) is 4.79 Å². The number of nitrogens with zero attached hydrogens (tertiary/aromatic N) is 1. The molecular formula is C12H23NO3. The molecule has 0 amide bonds. The van der Waals surface area contributed by atoms with Crippen molar-refractivity contribution < 1.29 is 14.6 Å². The van der Waals surface area contributed by atoms with Crippen molar-refractivity contribution in [2.75, 3.05) is 33.4 Å². The first-order chi connectivity index (χ1) is 7.58. The minimum Gasteiger partial charge on any atom is -0.481 e. The summed E-state index contributed by atoms with van der Waals surface area (Å²) in [5, 5.41) is 9.09. The molecule has 0 saturated carbocycles. The van der Waals surface area contributed by atoms with Crippen LogP contribution >= 0.6 is 0 Å². The van der Waals surface area contributed by atoms with Gasteiger partial charge in [-0.2, -0.15) is 0 Å². The molecule has 4 nitrogen and oxygen atoms in total. The van der Waals surface area contributed by atoms with Gasteiger partial charge < -0.3 is 14.7 Å². The molecule has 0 aromatic rings. The molecule has 1 aliphatic heterocycles. The molecule has 0 unspecified atom stereocenters. The third-order valence-corrected chi connectivity index (χ3v) is 3.55. The summed E-state index contributed by atoms with van der Waals surface area (Å²) in [7, 11) is 1.72. The van der Waals surface area contributed by atoms with E-state index in [0.29, 0.717) is 0 Å². The molecule has 1 heterocycles. The lowest BCUT2D eigenvalue weighted by molar-refractivity contribution is -0.150. The largest absolute Gasteiger partial charge is 0.481 e. The van der Waals surface area contributed by atoms with Crippen molar-refractivity contribution >= 4 is 5.97 Å². The number of likely N-dealkylation sites (tertiary alicyclic amines) is 1. The SMILES string of the molecule is COCCCCN1CCC(C)(C(=O)O)CC1. The summed E-state index contributed by atoms with van der Waals surface area (Å²) in [5.41, 5.74) is -0.497. The Labute approximate surface area is 97.6 Å². The number of methoxy groups -OCH3 is 1. The Morgan fingerprint density at radius 3 is 2.50 bits per heavy atom. The van der Waals surface area contributed by atoms with Gasteiger partial charge in [0.15, 0.2) is 0 Å². The normalized spacial score (nSPS) is 20.9. The van der Waals surface area contributed by atoms with Crippen molar-refractivity contribution in [2.45, 2.75) is 32.6 Å². The van der Waals surface area contributed by atoms with E-state index in [1.54, 1.807) is 7.11 Å². The van der Waals surface area contributed by atoms with Crippen molar-refractivity contribution in [1.29, 1.82) is 0 Å². The predicted molar refractivity (Wildman–Crippen MR) is 62.5 cm³/mol. The van der Waals surface area contributed by atoms with Gasteiger partial charge in [-0.25, -0.2) is 0 Å². The zero-order valence-electron chi connectivity index (χ0n) is 10.4. The smallest absolute Gasteiger partial charge is 0.309 e. The molecule has 1 aliphatic rings. The average Bonchev–Trinajstić information content (AvgIpc) is 2.27. The molecule has 0 atom stereocenters. The van der Waals surface area contributed by atoms with Crippen LogP contribution in [0.5, 0.6) is 0 Å². The summed E-state index contributed by atoms with van der Waals surface area (Å²) in [6.07, 6.45) is 3.76. The van der Waals surface area contributed by atoms with Crippen molar-refractivity contribution in [3.8, 4) is 0 Å². The summed E-state index contributed by atoms with van der Waals surface area (Å²) < 4.78 is 5.00. The summed E-state index contributed by atoms with van der Waals surface area (Å²) in [6.45, 7) is 5.57. The second-order valence-electron chi connectivity index (χ2n) is 4.91. The zero-order valence-corrected chi connectivity index (χ0v) is 10.4. The molecule has 0 aliphatic carbocycles. The molecule has 4 heteroatoms. The van der Waals surface area contributed by atoms with Crippen molar-refractivity contribution in [1.82, 2.24) is 4.90 Å². The van der Waals surface area contributed by atoms with Gasteiger partial charge in [-0.1, -0.05) is 0 Å². The number of unbranched alkanes of at least 4 members (excludes halogenated alkanes) is 1. The Morgan fingerprint density at radius 2 is 2.00 bits per heavy atom. The minimum atomic E-state index is -0.647. The van der Waals surface area contributed by atoms with E-state index in [9.17, 15) is 4.79 Å². The lowest BCUT2D eigenvalue weighted by atomic mass is 9.80. The molecular weight excluding hydrogens is 206 g/mol. The Balaban J connectivity index is 2.19. The lowest BCUT2D eigenvalue weighted by Crippen LogP contribution is -2.42. The monoisotopic (exact) mass is 229 g/mol. The summed E-state index contributed by atoms with van der Waals surface area (Å²) >= 11 is 0. The van der Waals surface area contributed by atoms with Gasteiger partial charge in [0.25, 0.3) is 0 Å². The highest BCUT2D eigenvalue weighted by Gasteiger charge is 2.36. The summed E-state index contributed by atoms with van der Waals surface area (Å²) in [5.74, 6) is -0.647. The lowest BCUT2D eigenvalue weighted by Gasteiger charge is -2.36. The second-order valence-corrected chi connectivity index (χ2v) is 4.91. The number of carboxylic acids is 1. The number of ether oxygens (including phenoxy) is 1. The third-order valence-electron chi connectivity index (χ3n) is 3.55. The van der Waals surface area contributed by atoms with Gasteiger partial charge in [0.2, 0.25) is 0 Å². The van der Waals surface area contributed by atoms with Gasteiger partial charge >= 0.3 is 5.97 Å². The number of carboxylic acid groups (broad SMARTS) is 1. The quantitative estimate of drug-likeness (QED) is 0.703. The average molecular weight is 229 g/mol. The van der Waals surface area contributed by atoms with E-state index < -0.39 is 11.4 Å². The summed E-state index contributed by atoms with van der Waals surface area (Å²) in [4.78, 5) is 13.4. The van der Waals surface area contributed by atoms with Crippen LogP contribution in [0.2, 0.25) is 0 Å². The highest BCUT2D eigenvalue weighted by molar-refractivity contribution is 5.74. The van der Waals surface area contributed by atoms with Crippen LogP contribution in [-0.4, -0.2) is 49.3 Å². The van der Waals surface area contributed by atoms with Gasteiger partial charge in [0.1, 0.15) is 0 Å². The fraction of sp³-hybridized carbons (Fsp3) is 0.917. The maximum atomic E-state index is 11.0. The van der Waals surface area contributed by atoms with Crippen molar-refractivity contribution in [3.63, 3.8) is 0 Å².